The van der Waals surface area contributed by atoms with Crippen LogP contribution in [0.4, 0.5) is 5.82 Å². The Morgan fingerprint density at radius 2 is 1.76 bits per heavy atom. The molecule has 0 aliphatic carbocycles. The molecule has 8 nitrogen and oxygen atoms in total. The molecule has 0 unspecified atom stereocenters. The molecule has 3 aromatic rings. The lowest BCUT2D eigenvalue weighted by molar-refractivity contribution is -0.132. The third-order valence-corrected chi connectivity index (χ3v) is 5.34. The molecule has 8 heteroatoms. The first-order valence-corrected chi connectivity index (χ1v) is 10.6. The topological polar surface area (TPSA) is 102 Å². The van der Waals surface area contributed by atoms with Gasteiger partial charge < -0.3 is 19.1 Å². The highest BCUT2D eigenvalue weighted by Crippen LogP contribution is 2.42. The Balaban J connectivity index is 1.84. The number of carbonyl (C=O) groups excluding carboxylic acids is 2. The molecule has 1 amide bonds. The maximum Gasteiger partial charge on any atom is 0.301 e. The summed E-state index contributed by atoms with van der Waals surface area (Å²) >= 11 is 0. The molecular weight excluding hydrogens is 424 g/mol. The fraction of sp³-hybridized carbons (Fsp3) is 0.240. The molecule has 2 aromatic carbocycles. The van der Waals surface area contributed by atoms with Gasteiger partial charge in [0.1, 0.15) is 23.0 Å². The number of methoxy groups -OCH3 is 1. The van der Waals surface area contributed by atoms with Crippen LogP contribution in [0.25, 0.3) is 5.76 Å². The molecule has 1 saturated heterocycles. The van der Waals surface area contributed by atoms with E-state index in [0.29, 0.717) is 35.0 Å². The van der Waals surface area contributed by atoms with Crippen molar-refractivity contribution in [2.75, 3.05) is 18.6 Å². The molecule has 1 fully saturated rings. The number of carbonyl (C=O) groups is 2. The predicted octanol–water partition coefficient (Wildman–Crippen LogP) is 4.41. The fourth-order valence-electron chi connectivity index (χ4n) is 3.72. The van der Waals surface area contributed by atoms with Crippen molar-refractivity contribution in [3.05, 3.63) is 77.1 Å². The Bertz CT molecular complexity index is 1190. The Labute approximate surface area is 191 Å². The van der Waals surface area contributed by atoms with Gasteiger partial charge in [0, 0.05) is 11.6 Å². The minimum atomic E-state index is -0.892. The molecule has 1 N–H and O–H groups in total. The van der Waals surface area contributed by atoms with Gasteiger partial charge in [0.15, 0.2) is 5.82 Å². The average molecular weight is 448 g/mol. The van der Waals surface area contributed by atoms with Crippen molar-refractivity contribution in [3.63, 3.8) is 0 Å². The van der Waals surface area contributed by atoms with Crippen LogP contribution in [0.2, 0.25) is 0 Å². The van der Waals surface area contributed by atoms with E-state index in [-0.39, 0.29) is 17.2 Å². The van der Waals surface area contributed by atoms with Crippen molar-refractivity contribution in [1.82, 2.24) is 5.16 Å². The van der Waals surface area contributed by atoms with Crippen LogP contribution in [-0.2, 0) is 9.59 Å². The molecule has 33 heavy (non-hydrogen) atoms. The molecule has 2 heterocycles. The summed E-state index contributed by atoms with van der Waals surface area (Å²) in [6, 6.07) is 14.3. The van der Waals surface area contributed by atoms with Crippen LogP contribution in [0.1, 0.15) is 36.3 Å². The number of aliphatic hydroxyl groups excluding tert-OH is 1. The van der Waals surface area contributed by atoms with Crippen molar-refractivity contribution in [2.24, 2.45) is 0 Å². The molecular formula is C25H24N2O6. The summed E-state index contributed by atoms with van der Waals surface area (Å²) in [4.78, 5) is 27.4. The minimum absolute atomic E-state index is 0.0342. The molecule has 0 saturated carbocycles. The number of ether oxygens (including phenoxy) is 2. The SMILES string of the molecule is CCCOc1ccc([C@H]2/C(=C(\O)c3ccc(OC)cc3)C(=O)C(=O)N2c2cc(C)on2)cc1. The fourth-order valence-corrected chi connectivity index (χ4v) is 3.72. The van der Waals surface area contributed by atoms with Crippen molar-refractivity contribution in [1.29, 1.82) is 0 Å². The maximum atomic E-state index is 13.1. The van der Waals surface area contributed by atoms with Gasteiger partial charge in [-0.25, -0.2) is 0 Å². The number of benzene rings is 2. The zero-order valence-corrected chi connectivity index (χ0v) is 18.6. The average Bonchev–Trinajstić information content (AvgIpc) is 3.38. The number of rotatable bonds is 7. The van der Waals surface area contributed by atoms with Crippen molar-refractivity contribution >= 4 is 23.3 Å². The van der Waals surface area contributed by atoms with Gasteiger partial charge in [-0.05, 0) is 55.3 Å². The van der Waals surface area contributed by atoms with E-state index in [0.717, 1.165) is 6.42 Å². The van der Waals surface area contributed by atoms with Crippen molar-refractivity contribution in [2.45, 2.75) is 26.3 Å². The Morgan fingerprint density at radius 1 is 1.09 bits per heavy atom. The van der Waals surface area contributed by atoms with Gasteiger partial charge in [-0.3, -0.25) is 14.5 Å². The smallest absolute Gasteiger partial charge is 0.301 e. The summed E-state index contributed by atoms with van der Waals surface area (Å²) < 4.78 is 16.0. The molecule has 1 aromatic heterocycles. The van der Waals surface area contributed by atoms with Gasteiger partial charge in [-0.2, -0.15) is 0 Å². The first-order chi connectivity index (χ1) is 15.9. The predicted molar refractivity (Wildman–Crippen MR) is 121 cm³/mol. The number of Topliss-reactive ketones (excluding diaryl/α,β-unsaturated/α-hetero) is 1. The maximum absolute atomic E-state index is 13.1. The minimum Gasteiger partial charge on any atom is -0.507 e. The second-order valence-corrected chi connectivity index (χ2v) is 7.61. The highest BCUT2D eigenvalue weighted by atomic mass is 16.5. The highest BCUT2D eigenvalue weighted by Gasteiger charge is 2.48. The van der Waals surface area contributed by atoms with E-state index in [1.807, 2.05) is 6.92 Å². The molecule has 0 bridgehead atoms. The lowest BCUT2D eigenvalue weighted by atomic mass is 9.95. The molecule has 1 atom stereocenters. The number of anilines is 1. The van der Waals surface area contributed by atoms with Crippen LogP contribution in [0.15, 0.2) is 64.7 Å². The number of aryl methyl sites for hydroxylation is 1. The van der Waals surface area contributed by atoms with E-state index in [9.17, 15) is 14.7 Å². The number of ketones is 1. The zero-order valence-electron chi connectivity index (χ0n) is 18.6. The highest BCUT2D eigenvalue weighted by molar-refractivity contribution is 6.51. The molecule has 4 rings (SSSR count). The van der Waals surface area contributed by atoms with Crippen molar-refractivity contribution in [3.8, 4) is 11.5 Å². The Kier molecular flexibility index (Phi) is 6.17. The summed E-state index contributed by atoms with van der Waals surface area (Å²) in [5.74, 6) is 0.0723. The largest absolute Gasteiger partial charge is 0.507 e. The summed E-state index contributed by atoms with van der Waals surface area (Å²) in [7, 11) is 1.54. The number of hydrogen-bond acceptors (Lipinski definition) is 7. The second-order valence-electron chi connectivity index (χ2n) is 7.61. The lowest BCUT2D eigenvalue weighted by Crippen LogP contribution is -2.29. The van der Waals surface area contributed by atoms with E-state index in [4.69, 9.17) is 14.0 Å². The first kappa shape index (κ1) is 22.1. The van der Waals surface area contributed by atoms with Gasteiger partial charge in [-0.1, -0.05) is 24.2 Å². The van der Waals surface area contributed by atoms with E-state index >= 15 is 0 Å². The number of nitrogens with zero attached hydrogens (tertiary/aromatic N) is 2. The lowest BCUT2D eigenvalue weighted by Gasteiger charge is -2.23. The van der Waals surface area contributed by atoms with Crippen LogP contribution in [0.5, 0.6) is 11.5 Å². The van der Waals surface area contributed by atoms with E-state index in [1.165, 1.54) is 12.0 Å². The summed E-state index contributed by atoms with van der Waals surface area (Å²) in [5, 5.41) is 15.1. The zero-order chi connectivity index (χ0) is 23.5. The molecule has 0 spiro atoms. The third kappa shape index (κ3) is 4.19. The van der Waals surface area contributed by atoms with E-state index < -0.39 is 17.7 Å². The van der Waals surface area contributed by atoms with Gasteiger partial charge >= 0.3 is 5.91 Å². The standard InChI is InChI=1S/C25H24N2O6/c1-4-13-32-19-11-5-16(6-12-19)22-21(23(28)17-7-9-18(31-3)10-8-17)24(29)25(30)27(22)20-14-15(2)33-26-20/h5-12,14,22,28H,4,13H2,1-3H3/b23-21+/t22-/m0/s1. The van der Waals surface area contributed by atoms with Crippen LogP contribution in [0.3, 0.4) is 0 Å². The first-order valence-electron chi connectivity index (χ1n) is 10.6. The quantitative estimate of drug-likeness (QED) is 0.325. The Morgan fingerprint density at radius 3 is 2.33 bits per heavy atom. The summed E-state index contributed by atoms with van der Waals surface area (Å²) in [5.41, 5.74) is 0.972. The number of aliphatic hydroxyl groups is 1. The number of aromatic nitrogens is 1. The monoisotopic (exact) mass is 448 g/mol. The summed E-state index contributed by atoms with van der Waals surface area (Å²) in [6.07, 6.45) is 0.870. The van der Waals surface area contributed by atoms with Gasteiger partial charge in [-0.15, -0.1) is 0 Å². The normalized spacial score (nSPS) is 17.4. The van der Waals surface area contributed by atoms with Gasteiger partial charge in [0.2, 0.25) is 0 Å². The van der Waals surface area contributed by atoms with E-state index in [2.05, 4.69) is 5.16 Å². The van der Waals surface area contributed by atoms with Gasteiger partial charge in [0.25, 0.3) is 5.78 Å². The Hall–Kier alpha value is -4.07. The van der Waals surface area contributed by atoms with E-state index in [1.54, 1.807) is 61.5 Å². The third-order valence-electron chi connectivity index (χ3n) is 5.34. The van der Waals surface area contributed by atoms with Crippen LogP contribution in [-0.4, -0.2) is 35.7 Å². The molecule has 170 valence electrons. The van der Waals surface area contributed by atoms with Crippen LogP contribution in [0, 0.1) is 6.92 Å². The molecule has 0 radical (unpaired) electrons. The number of amides is 1. The van der Waals surface area contributed by atoms with Crippen LogP contribution < -0.4 is 14.4 Å². The van der Waals surface area contributed by atoms with Gasteiger partial charge in [0.05, 0.1) is 25.3 Å². The summed E-state index contributed by atoms with van der Waals surface area (Å²) in [6.45, 7) is 4.29. The number of hydrogen-bond donors (Lipinski definition) is 1. The van der Waals surface area contributed by atoms with Crippen LogP contribution >= 0.6 is 0 Å². The molecule has 1 aliphatic rings. The molecule has 1 aliphatic heterocycles. The second kappa shape index (κ2) is 9.20. The van der Waals surface area contributed by atoms with Crippen molar-refractivity contribution < 1.29 is 28.7 Å².